The van der Waals surface area contributed by atoms with E-state index in [9.17, 15) is 10.2 Å². The second kappa shape index (κ2) is 8.45. The van der Waals surface area contributed by atoms with E-state index >= 15 is 0 Å². The molecule has 6 nitrogen and oxygen atoms in total. The van der Waals surface area contributed by atoms with Gasteiger partial charge in [0, 0.05) is 22.8 Å². The molecule has 4 aromatic rings. The number of hydrazone groups is 1. The highest BCUT2D eigenvalue weighted by Crippen LogP contribution is 2.26. The van der Waals surface area contributed by atoms with Crippen LogP contribution < -0.4 is 5.43 Å². The van der Waals surface area contributed by atoms with Crippen LogP contribution in [0.4, 0.5) is 5.95 Å². The summed E-state index contributed by atoms with van der Waals surface area (Å²) < 4.78 is 0. The highest BCUT2D eigenvalue weighted by molar-refractivity contribution is 5.84. The number of aromatic nitrogens is 2. The molecule has 0 aliphatic rings. The van der Waals surface area contributed by atoms with Crippen LogP contribution in [0, 0.1) is 6.92 Å². The third-order valence-electron chi connectivity index (χ3n) is 4.53. The lowest BCUT2D eigenvalue weighted by molar-refractivity contribution is 0.450. The van der Waals surface area contributed by atoms with Crippen molar-refractivity contribution < 1.29 is 10.2 Å². The Kier molecular flexibility index (Phi) is 5.39. The zero-order chi connectivity index (χ0) is 20.9. The molecule has 1 heterocycles. The lowest BCUT2D eigenvalue weighted by atomic mass is 10.1. The van der Waals surface area contributed by atoms with Crippen molar-refractivity contribution in [1.29, 1.82) is 0 Å². The molecule has 0 saturated heterocycles. The van der Waals surface area contributed by atoms with Crippen LogP contribution in [0.15, 0.2) is 84.0 Å². The normalized spacial score (nSPS) is 11.0. The summed E-state index contributed by atoms with van der Waals surface area (Å²) in [5.74, 6) is 0.250. The van der Waals surface area contributed by atoms with Gasteiger partial charge in [0.15, 0.2) is 0 Å². The Balaban J connectivity index is 1.68. The van der Waals surface area contributed by atoms with Gasteiger partial charge in [-0.1, -0.05) is 60.2 Å². The molecule has 0 bridgehead atoms. The Hall–Kier alpha value is -4.19. The first-order chi connectivity index (χ1) is 14.6. The largest absolute Gasteiger partial charge is 0.508 e. The minimum atomic E-state index is -0.0696. The number of aromatic hydroxyl groups is 2. The van der Waals surface area contributed by atoms with E-state index in [0.29, 0.717) is 11.5 Å². The quantitative estimate of drug-likeness (QED) is 0.327. The molecular weight excluding hydrogens is 376 g/mol. The number of phenolic OH excluding ortho intramolecular Hbond substituents is 2. The molecule has 0 saturated carbocycles. The first kappa shape index (κ1) is 19.1. The van der Waals surface area contributed by atoms with E-state index in [-0.39, 0.29) is 11.5 Å². The van der Waals surface area contributed by atoms with Gasteiger partial charge in [-0.15, -0.1) is 0 Å². The van der Waals surface area contributed by atoms with E-state index < -0.39 is 0 Å². The van der Waals surface area contributed by atoms with Crippen molar-refractivity contribution in [3.63, 3.8) is 0 Å². The molecule has 3 N–H and O–H groups in total. The number of phenols is 2. The number of nitrogens with one attached hydrogen (secondary N) is 1. The topological polar surface area (TPSA) is 90.6 Å². The fourth-order valence-electron chi connectivity index (χ4n) is 2.93. The maximum absolute atomic E-state index is 9.89. The van der Waals surface area contributed by atoms with Crippen molar-refractivity contribution in [1.82, 2.24) is 9.97 Å². The summed E-state index contributed by atoms with van der Waals surface area (Å²) in [5.41, 5.74) is 7.96. The summed E-state index contributed by atoms with van der Waals surface area (Å²) in [6, 6.07) is 24.2. The van der Waals surface area contributed by atoms with E-state index in [4.69, 9.17) is 0 Å². The zero-order valence-corrected chi connectivity index (χ0v) is 16.3. The molecule has 0 radical (unpaired) electrons. The van der Waals surface area contributed by atoms with Crippen molar-refractivity contribution >= 4 is 12.2 Å². The van der Waals surface area contributed by atoms with Gasteiger partial charge >= 0.3 is 0 Å². The average Bonchev–Trinajstić information content (AvgIpc) is 2.76. The second-order valence-electron chi connectivity index (χ2n) is 6.81. The summed E-state index contributed by atoms with van der Waals surface area (Å²) in [6.07, 6.45) is 1.44. The second-order valence-corrected chi connectivity index (χ2v) is 6.81. The number of nitrogens with zero attached hydrogens (tertiary/aromatic N) is 3. The molecule has 0 fully saturated rings. The van der Waals surface area contributed by atoms with Crippen molar-refractivity contribution in [2.45, 2.75) is 6.92 Å². The molecule has 148 valence electrons. The van der Waals surface area contributed by atoms with E-state index in [1.165, 1.54) is 23.9 Å². The summed E-state index contributed by atoms with van der Waals surface area (Å²) in [6.45, 7) is 2.04. The molecule has 6 heteroatoms. The molecule has 0 spiro atoms. The first-order valence-electron chi connectivity index (χ1n) is 9.41. The smallest absolute Gasteiger partial charge is 0.244 e. The SMILES string of the molecule is Cc1ccc(-c2cc(-c3ccccc3)nc(N/N=C\c3ccc(O)cc3O)n2)cc1. The van der Waals surface area contributed by atoms with Crippen molar-refractivity contribution in [3.05, 3.63) is 90.0 Å². The molecular formula is C24H20N4O2. The summed E-state index contributed by atoms with van der Waals surface area (Å²) in [7, 11) is 0. The van der Waals surface area contributed by atoms with Crippen molar-refractivity contribution in [3.8, 4) is 34.0 Å². The average molecular weight is 396 g/mol. The van der Waals surface area contributed by atoms with Crippen LogP contribution in [-0.4, -0.2) is 26.4 Å². The van der Waals surface area contributed by atoms with Crippen LogP contribution in [0.2, 0.25) is 0 Å². The third kappa shape index (κ3) is 4.44. The maximum atomic E-state index is 9.89. The standard InChI is InChI=1S/C24H20N4O2/c1-16-7-9-18(10-8-16)22-14-21(17-5-3-2-4-6-17)26-24(27-22)28-25-15-19-11-12-20(29)13-23(19)30/h2-15,29-30H,1H3,(H,26,27,28)/b25-15-. The van der Waals surface area contributed by atoms with Gasteiger partial charge < -0.3 is 10.2 Å². The molecule has 3 aromatic carbocycles. The minimum absolute atomic E-state index is 0.0146. The van der Waals surface area contributed by atoms with Gasteiger partial charge in [0.2, 0.25) is 5.95 Å². The van der Waals surface area contributed by atoms with Gasteiger partial charge in [-0.05, 0) is 25.1 Å². The Bertz CT molecular complexity index is 1190. The number of rotatable bonds is 5. The van der Waals surface area contributed by atoms with Crippen LogP contribution in [0.5, 0.6) is 11.5 Å². The summed E-state index contributed by atoms with van der Waals surface area (Å²) in [5, 5.41) is 23.4. The Labute approximate surface area is 174 Å². The molecule has 0 amide bonds. The van der Waals surface area contributed by atoms with Gasteiger partial charge in [-0.2, -0.15) is 5.10 Å². The predicted molar refractivity (Wildman–Crippen MR) is 119 cm³/mol. The highest BCUT2D eigenvalue weighted by Gasteiger charge is 2.08. The summed E-state index contributed by atoms with van der Waals surface area (Å²) >= 11 is 0. The van der Waals surface area contributed by atoms with Crippen LogP contribution in [-0.2, 0) is 0 Å². The number of anilines is 1. The monoisotopic (exact) mass is 396 g/mol. The molecule has 4 rings (SSSR count). The van der Waals surface area contributed by atoms with E-state index in [2.05, 4.69) is 20.5 Å². The van der Waals surface area contributed by atoms with Crippen LogP contribution >= 0.6 is 0 Å². The highest BCUT2D eigenvalue weighted by atomic mass is 16.3. The summed E-state index contributed by atoms with van der Waals surface area (Å²) in [4.78, 5) is 9.16. The van der Waals surface area contributed by atoms with E-state index in [1.54, 1.807) is 6.07 Å². The molecule has 0 aliphatic heterocycles. The zero-order valence-electron chi connectivity index (χ0n) is 16.3. The van der Waals surface area contributed by atoms with Gasteiger partial charge in [-0.3, -0.25) is 0 Å². The number of benzene rings is 3. The Morgan fingerprint density at radius 2 is 1.47 bits per heavy atom. The molecule has 30 heavy (non-hydrogen) atoms. The van der Waals surface area contributed by atoms with Crippen molar-refractivity contribution in [2.24, 2.45) is 5.10 Å². The Morgan fingerprint density at radius 1 is 0.800 bits per heavy atom. The number of hydrogen-bond acceptors (Lipinski definition) is 6. The van der Waals surface area contributed by atoms with E-state index in [1.807, 2.05) is 67.6 Å². The van der Waals surface area contributed by atoms with E-state index in [0.717, 1.165) is 22.5 Å². The Morgan fingerprint density at radius 3 is 2.13 bits per heavy atom. The maximum Gasteiger partial charge on any atom is 0.244 e. The molecule has 0 atom stereocenters. The fourth-order valence-corrected chi connectivity index (χ4v) is 2.93. The van der Waals surface area contributed by atoms with Gasteiger partial charge in [0.1, 0.15) is 11.5 Å². The fraction of sp³-hybridized carbons (Fsp3) is 0.0417. The van der Waals surface area contributed by atoms with Crippen LogP contribution in [0.25, 0.3) is 22.5 Å². The van der Waals surface area contributed by atoms with Crippen LogP contribution in [0.1, 0.15) is 11.1 Å². The van der Waals surface area contributed by atoms with Gasteiger partial charge in [0.05, 0.1) is 17.6 Å². The lowest BCUT2D eigenvalue weighted by Gasteiger charge is -2.09. The molecule has 0 aliphatic carbocycles. The number of hydrogen-bond donors (Lipinski definition) is 3. The third-order valence-corrected chi connectivity index (χ3v) is 4.53. The van der Waals surface area contributed by atoms with Crippen molar-refractivity contribution in [2.75, 3.05) is 5.43 Å². The first-order valence-corrected chi connectivity index (χ1v) is 9.41. The number of aryl methyl sites for hydroxylation is 1. The lowest BCUT2D eigenvalue weighted by Crippen LogP contribution is -2.00. The molecule has 0 unspecified atom stereocenters. The van der Waals surface area contributed by atoms with Crippen LogP contribution in [0.3, 0.4) is 0 Å². The minimum Gasteiger partial charge on any atom is -0.508 e. The predicted octanol–water partition coefficient (Wildman–Crippen LogP) is 4.98. The molecule has 1 aromatic heterocycles. The van der Waals surface area contributed by atoms with Gasteiger partial charge in [0.25, 0.3) is 0 Å². The van der Waals surface area contributed by atoms with Gasteiger partial charge in [-0.25, -0.2) is 15.4 Å².